The van der Waals surface area contributed by atoms with Gasteiger partial charge in [0, 0.05) is 37.1 Å². The summed E-state index contributed by atoms with van der Waals surface area (Å²) in [5, 5.41) is 4.55. The van der Waals surface area contributed by atoms with Gasteiger partial charge in [0.2, 0.25) is 0 Å². The molecule has 3 aromatic rings. The summed E-state index contributed by atoms with van der Waals surface area (Å²) in [7, 11) is -2.85. The van der Waals surface area contributed by atoms with Crippen LogP contribution >= 0.6 is 7.44 Å². The molecule has 2 heterocycles. The Kier molecular flexibility index (Phi) is 4.46. The van der Waals surface area contributed by atoms with Gasteiger partial charge in [-0.3, -0.25) is 4.57 Å². The third-order valence-corrected chi connectivity index (χ3v) is 9.09. The maximum atomic E-state index is 14.6. The molecule has 28 heavy (non-hydrogen) atoms. The first-order valence-electron chi connectivity index (χ1n) is 9.84. The van der Waals surface area contributed by atoms with Crippen LogP contribution in [0.2, 0.25) is 0 Å². The van der Waals surface area contributed by atoms with Crippen molar-refractivity contribution in [1.29, 1.82) is 0 Å². The van der Waals surface area contributed by atoms with Crippen LogP contribution in [0.5, 0.6) is 0 Å². The van der Waals surface area contributed by atoms with Crippen molar-refractivity contribution in [3.8, 4) is 0 Å². The highest BCUT2D eigenvalue weighted by atomic mass is 31.2. The second-order valence-electron chi connectivity index (χ2n) is 7.42. The zero-order valence-electron chi connectivity index (χ0n) is 15.7. The highest BCUT2D eigenvalue weighted by molar-refractivity contribution is 7.71. The summed E-state index contributed by atoms with van der Waals surface area (Å²) in [4.78, 5) is 0. The Morgan fingerprint density at radius 2 is 1.57 bits per heavy atom. The Hall–Kier alpha value is -2.55. The number of rotatable bonds is 4. The van der Waals surface area contributed by atoms with E-state index in [4.69, 9.17) is 0 Å². The van der Waals surface area contributed by atoms with Crippen molar-refractivity contribution in [2.75, 3.05) is 23.1 Å². The van der Waals surface area contributed by atoms with Gasteiger partial charge in [-0.05, 0) is 42.3 Å². The Morgan fingerprint density at radius 3 is 2.36 bits per heavy atom. The monoisotopic (exact) mass is 389 g/mol. The average molecular weight is 389 g/mol. The zero-order chi connectivity index (χ0) is 19.0. The number of hydrogen-bond donors (Lipinski definition) is 1. The van der Waals surface area contributed by atoms with Gasteiger partial charge in [0.25, 0.3) is 7.44 Å². The molecule has 5 rings (SSSR count). The third-order valence-electron chi connectivity index (χ3n) is 5.78. The number of nitrogens with one attached hydrogen (secondary N) is 1. The number of fused-ring (bicyclic) bond motifs is 3. The second kappa shape index (κ2) is 7.12. The van der Waals surface area contributed by atoms with Gasteiger partial charge >= 0.3 is 0 Å². The van der Waals surface area contributed by atoms with E-state index in [-0.39, 0.29) is 6.04 Å². The Bertz CT molecular complexity index is 1010. The van der Waals surface area contributed by atoms with Gasteiger partial charge in [-0.2, -0.15) is 0 Å². The molecule has 0 aliphatic carbocycles. The first kappa shape index (κ1) is 17.5. The molecule has 2 atom stereocenters. The topological polar surface area (TPSA) is 35.6 Å². The number of para-hydroxylation sites is 2. The summed E-state index contributed by atoms with van der Waals surface area (Å²) in [6, 6.07) is 28.9. The Labute approximate surface area is 166 Å². The van der Waals surface area contributed by atoms with Crippen LogP contribution in [0.1, 0.15) is 12.0 Å². The summed E-state index contributed by atoms with van der Waals surface area (Å²) in [6.07, 6.45) is 0.979. The molecule has 2 aliphatic heterocycles. The van der Waals surface area contributed by atoms with Gasteiger partial charge < -0.3 is 9.99 Å². The van der Waals surface area contributed by atoms with E-state index in [0.717, 1.165) is 42.7 Å². The molecule has 0 amide bonds. The van der Waals surface area contributed by atoms with Crippen LogP contribution in [0.15, 0.2) is 84.9 Å². The minimum Gasteiger partial charge on any atom is -0.383 e. The lowest BCUT2D eigenvalue weighted by molar-refractivity contribution is 0.302. The van der Waals surface area contributed by atoms with Gasteiger partial charge in [-0.15, -0.1) is 0 Å². The van der Waals surface area contributed by atoms with Crippen LogP contribution in [0, 0.1) is 0 Å². The number of nitrogens with zero attached hydrogens (tertiary/aromatic N) is 2. The number of anilines is 2. The van der Waals surface area contributed by atoms with Crippen LogP contribution in [-0.4, -0.2) is 23.8 Å². The molecule has 5 heteroatoms. The molecular weight excluding hydrogens is 365 g/mol. The van der Waals surface area contributed by atoms with Crippen LogP contribution in [0.4, 0.5) is 11.4 Å². The number of benzene rings is 3. The fourth-order valence-electron chi connectivity index (χ4n) is 4.40. The second-order valence-corrected chi connectivity index (χ2v) is 9.98. The van der Waals surface area contributed by atoms with Gasteiger partial charge in [0.05, 0.1) is 5.30 Å². The maximum absolute atomic E-state index is 14.6. The minimum atomic E-state index is -2.85. The highest BCUT2D eigenvalue weighted by Crippen LogP contribution is 2.62. The van der Waals surface area contributed by atoms with E-state index < -0.39 is 7.44 Å². The van der Waals surface area contributed by atoms with Crippen LogP contribution in [-0.2, 0) is 11.1 Å². The van der Waals surface area contributed by atoms with E-state index in [1.54, 1.807) is 0 Å². The molecule has 142 valence electrons. The molecule has 0 aromatic heterocycles. The average Bonchev–Trinajstić information content (AvgIpc) is 3.07. The molecule has 2 aliphatic rings. The molecule has 0 radical (unpaired) electrons. The third kappa shape index (κ3) is 2.85. The van der Waals surface area contributed by atoms with Crippen molar-refractivity contribution in [2.45, 2.75) is 19.0 Å². The Morgan fingerprint density at radius 1 is 0.893 bits per heavy atom. The molecule has 3 aromatic carbocycles. The van der Waals surface area contributed by atoms with Crippen molar-refractivity contribution in [1.82, 2.24) is 4.67 Å². The van der Waals surface area contributed by atoms with Crippen molar-refractivity contribution < 1.29 is 4.57 Å². The van der Waals surface area contributed by atoms with Gasteiger partial charge in [0.1, 0.15) is 0 Å². The summed E-state index contributed by atoms with van der Waals surface area (Å²) >= 11 is 0. The standard InChI is InChI=1S/C23H24N3OP/c27-28-23-14-8-7-9-19(23)18-26(28)22(17-24-20-10-3-1-4-11-20)15-16-25(28)21-12-5-2-6-13-21/h1-14,22,24H,15-18H2/t22-,28-/m0/s1. The zero-order valence-corrected chi connectivity index (χ0v) is 16.6. The van der Waals surface area contributed by atoms with Gasteiger partial charge in [-0.25, -0.2) is 4.67 Å². The lowest BCUT2D eigenvalue weighted by Crippen LogP contribution is -2.47. The van der Waals surface area contributed by atoms with Crippen molar-refractivity contribution in [3.63, 3.8) is 0 Å². The summed E-state index contributed by atoms with van der Waals surface area (Å²) in [5.74, 6) is 0. The van der Waals surface area contributed by atoms with E-state index in [0.29, 0.717) is 0 Å². The predicted molar refractivity (Wildman–Crippen MR) is 116 cm³/mol. The highest BCUT2D eigenvalue weighted by Gasteiger charge is 2.51. The molecule has 0 bridgehead atoms. The lowest BCUT2D eigenvalue weighted by atomic mass is 10.1. The molecule has 1 fully saturated rings. The first-order chi connectivity index (χ1) is 13.8. The lowest BCUT2D eigenvalue weighted by Gasteiger charge is -2.45. The van der Waals surface area contributed by atoms with Crippen LogP contribution in [0.3, 0.4) is 0 Å². The summed E-state index contributed by atoms with van der Waals surface area (Å²) in [5.41, 5.74) is 3.35. The van der Waals surface area contributed by atoms with Crippen LogP contribution < -0.4 is 15.3 Å². The normalized spacial score (nSPS) is 23.9. The first-order valence-corrected chi connectivity index (χ1v) is 11.5. The van der Waals surface area contributed by atoms with E-state index in [2.05, 4.69) is 57.1 Å². The molecule has 1 N–H and O–H groups in total. The summed E-state index contributed by atoms with van der Waals surface area (Å²) < 4.78 is 19.0. The van der Waals surface area contributed by atoms with Crippen LogP contribution in [0.25, 0.3) is 0 Å². The molecule has 0 saturated carbocycles. The molecular formula is C23H24N3OP. The SMILES string of the molecule is O=[P@]12c3ccccc3CN1[C@H](CNc1ccccc1)CCN2c1ccccc1. The molecule has 0 unspecified atom stereocenters. The number of hydrogen-bond acceptors (Lipinski definition) is 2. The van der Waals surface area contributed by atoms with Crippen molar-refractivity contribution in [3.05, 3.63) is 90.5 Å². The molecule has 0 spiro atoms. The molecule has 1 saturated heterocycles. The summed E-state index contributed by atoms with van der Waals surface area (Å²) in [6.45, 7) is 2.34. The van der Waals surface area contributed by atoms with Gasteiger partial charge in [0.15, 0.2) is 0 Å². The van der Waals surface area contributed by atoms with E-state index >= 15 is 0 Å². The van der Waals surface area contributed by atoms with E-state index in [1.165, 1.54) is 5.56 Å². The van der Waals surface area contributed by atoms with E-state index in [9.17, 15) is 4.57 Å². The smallest absolute Gasteiger partial charge is 0.270 e. The fraction of sp³-hybridized carbons (Fsp3) is 0.217. The molecule has 4 nitrogen and oxygen atoms in total. The van der Waals surface area contributed by atoms with Crippen molar-refractivity contribution in [2.24, 2.45) is 0 Å². The maximum Gasteiger partial charge on any atom is 0.270 e. The quantitative estimate of drug-likeness (QED) is 0.656. The predicted octanol–water partition coefficient (Wildman–Crippen LogP) is 4.71. The fourth-order valence-corrected chi connectivity index (χ4v) is 7.83. The largest absolute Gasteiger partial charge is 0.383 e. The van der Waals surface area contributed by atoms with Gasteiger partial charge in [-0.1, -0.05) is 54.6 Å². The Balaban J connectivity index is 1.49. The van der Waals surface area contributed by atoms with E-state index in [1.807, 2.05) is 42.5 Å². The van der Waals surface area contributed by atoms with Crippen molar-refractivity contribution >= 4 is 24.1 Å². The minimum absolute atomic E-state index is 0.235.